The number of rotatable bonds is 3. The summed E-state index contributed by atoms with van der Waals surface area (Å²) in [5, 5.41) is 0. The van der Waals surface area contributed by atoms with Crippen molar-refractivity contribution in [3.05, 3.63) is 29.8 Å². The van der Waals surface area contributed by atoms with Crippen LogP contribution in [0.3, 0.4) is 0 Å². The zero-order valence-corrected chi connectivity index (χ0v) is 11.0. The van der Waals surface area contributed by atoms with Crippen LogP contribution >= 0.6 is 0 Å². The lowest BCUT2D eigenvalue weighted by atomic mass is 10.0. The lowest BCUT2D eigenvalue weighted by Gasteiger charge is -2.16. The van der Waals surface area contributed by atoms with Crippen LogP contribution in [0.5, 0.6) is 0 Å². The van der Waals surface area contributed by atoms with Gasteiger partial charge in [0.2, 0.25) is 11.7 Å². The molecule has 5 nitrogen and oxygen atoms in total. The van der Waals surface area contributed by atoms with Gasteiger partial charge in [-0.15, -0.1) is 0 Å². The predicted octanol–water partition coefficient (Wildman–Crippen LogP) is 1.70. The first kappa shape index (κ1) is 12.8. The van der Waals surface area contributed by atoms with Crippen LogP contribution in [-0.4, -0.2) is 30.3 Å². The normalized spacial score (nSPS) is 22.2. The summed E-state index contributed by atoms with van der Waals surface area (Å²) in [5.74, 6) is -0.369. The van der Waals surface area contributed by atoms with Crippen LogP contribution < -0.4 is 4.90 Å². The number of Topliss-reactive ketones (excluding diaryl/α,β-unsaturated/α-hetero) is 1. The molecule has 0 saturated carbocycles. The van der Waals surface area contributed by atoms with Crippen molar-refractivity contribution in [1.29, 1.82) is 0 Å². The standard InChI is InChI=1S/C15H15NO4/c17-13-2-1-9-16(13)11-5-3-10(4-6-11)15(19)12-7-8-14(18)20-12/h3-6,12H,1-2,7-9H2. The van der Waals surface area contributed by atoms with E-state index in [1.807, 2.05) is 0 Å². The Bertz CT molecular complexity index is 564. The van der Waals surface area contributed by atoms with Gasteiger partial charge in [0.15, 0.2) is 6.10 Å². The van der Waals surface area contributed by atoms with Crippen LogP contribution in [0.2, 0.25) is 0 Å². The lowest BCUT2D eigenvalue weighted by molar-refractivity contribution is -0.140. The Kier molecular flexibility index (Phi) is 3.26. The molecule has 2 fully saturated rings. The van der Waals surface area contributed by atoms with Crippen LogP contribution in [-0.2, 0) is 14.3 Å². The molecular formula is C15H15NO4. The first-order valence-corrected chi connectivity index (χ1v) is 6.79. The monoisotopic (exact) mass is 273 g/mol. The van der Waals surface area contributed by atoms with Crippen molar-refractivity contribution in [2.24, 2.45) is 0 Å². The average molecular weight is 273 g/mol. The summed E-state index contributed by atoms with van der Waals surface area (Å²) in [5.41, 5.74) is 1.33. The molecule has 2 heterocycles. The van der Waals surface area contributed by atoms with E-state index in [2.05, 4.69) is 0 Å². The summed E-state index contributed by atoms with van der Waals surface area (Å²) >= 11 is 0. The molecule has 0 spiro atoms. The number of carbonyl (C=O) groups is 3. The van der Waals surface area contributed by atoms with Crippen molar-refractivity contribution >= 4 is 23.3 Å². The number of carbonyl (C=O) groups excluding carboxylic acids is 3. The number of benzene rings is 1. The maximum absolute atomic E-state index is 12.1. The van der Waals surface area contributed by atoms with Gasteiger partial charge >= 0.3 is 5.97 Å². The first-order chi connectivity index (χ1) is 9.65. The Labute approximate surface area is 116 Å². The maximum Gasteiger partial charge on any atom is 0.306 e. The SMILES string of the molecule is O=C1CCC(C(=O)c2ccc(N3CCCC3=O)cc2)O1. The zero-order chi connectivity index (χ0) is 14.1. The minimum Gasteiger partial charge on any atom is -0.454 e. The average Bonchev–Trinajstić information content (AvgIpc) is 3.07. The fraction of sp³-hybridized carbons (Fsp3) is 0.400. The molecule has 3 rings (SSSR count). The van der Waals surface area contributed by atoms with Gasteiger partial charge in [0.25, 0.3) is 0 Å². The van der Waals surface area contributed by atoms with Crippen molar-refractivity contribution in [1.82, 2.24) is 0 Å². The molecule has 0 aromatic heterocycles. The maximum atomic E-state index is 12.1. The second-order valence-corrected chi connectivity index (χ2v) is 5.08. The van der Waals surface area contributed by atoms with Crippen molar-refractivity contribution in [3.8, 4) is 0 Å². The van der Waals surface area contributed by atoms with Gasteiger partial charge in [-0.1, -0.05) is 0 Å². The third kappa shape index (κ3) is 2.31. The van der Waals surface area contributed by atoms with Crippen molar-refractivity contribution < 1.29 is 19.1 Å². The summed E-state index contributed by atoms with van der Waals surface area (Å²) in [6.45, 7) is 0.729. The summed E-state index contributed by atoms with van der Waals surface area (Å²) in [4.78, 5) is 36.5. The highest BCUT2D eigenvalue weighted by atomic mass is 16.6. The Morgan fingerprint density at radius 1 is 1.15 bits per heavy atom. The van der Waals surface area contributed by atoms with Crippen LogP contribution in [0, 0.1) is 0 Å². The van der Waals surface area contributed by atoms with E-state index in [0.717, 1.165) is 18.7 Å². The number of amides is 1. The fourth-order valence-corrected chi connectivity index (χ4v) is 2.62. The highest BCUT2D eigenvalue weighted by molar-refractivity contribution is 6.02. The topological polar surface area (TPSA) is 63.7 Å². The van der Waals surface area contributed by atoms with Gasteiger partial charge in [-0.3, -0.25) is 14.4 Å². The number of cyclic esters (lactones) is 1. The van der Waals surface area contributed by atoms with Crippen LogP contribution in [0.25, 0.3) is 0 Å². The van der Waals surface area contributed by atoms with E-state index < -0.39 is 6.10 Å². The molecule has 5 heteroatoms. The molecular weight excluding hydrogens is 258 g/mol. The molecule has 104 valence electrons. The number of nitrogens with zero attached hydrogens (tertiary/aromatic N) is 1. The minimum absolute atomic E-state index is 0.119. The van der Waals surface area contributed by atoms with Gasteiger partial charge in [-0.2, -0.15) is 0 Å². The van der Waals surface area contributed by atoms with E-state index in [0.29, 0.717) is 24.8 Å². The van der Waals surface area contributed by atoms with Gasteiger partial charge in [0.05, 0.1) is 0 Å². The number of hydrogen-bond acceptors (Lipinski definition) is 4. The van der Waals surface area contributed by atoms with Crippen molar-refractivity contribution in [3.63, 3.8) is 0 Å². The number of hydrogen-bond donors (Lipinski definition) is 0. The van der Waals surface area contributed by atoms with Crippen LogP contribution in [0.4, 0.5) is 5.69 Å². The Hall–Kier alpha value is -2.17. The van der Waals surface area contributed by atoms with E-state index in [4.69, 9.17) is 4.74 Å². The van der Waals surface area contributed by atoms with Crippen LogP contribution in [0.1, 0.15) is 36.0 Å². The molecule has 2 aliphatic heterocycles. The second kappa shape index (κ2) is 5.07. The van der Waals surface area contributed by atoms with E-state index in [-0.39, 0.29) is 17.7 Å². The highest BCUT2D eigenvalue weighted by Gasteiger charge is 2.30. The van der Waals surface area contributed by atoms with Crippen LogP contribution in [0.15, 0.2) is 24.3 Å². The van der Waals surface area contributed by atoms with E-state index in [1.165, 1.54) is 0 Å². The van der Waals surface area contributed by atoms with Gasteiger partial charge in [-0.25, -0.2) is 0 Å². The minimum atomic E-state index is -0.651. The zero-order valence-electron chi connectivity index (χ0n) is 11.0. The quantitative estimate of drug-likeness (QED) is 0.621. The molecule has 1 aromatic rings. The first-order valence-electron chi connectivity index (χ1n) is 6.79. The van der Waals surface area contributed by atoms with Gasteiger partial charge in [0, 0.05) is 37.1 Å². The Morgan fingerprint density at radius 3 is 2.45 bits per heavy atom. The third-order valence-corrected chi connectivity index (χ3v) is 3.71. The van der Waals surface area contributed by atoms with Crippen molar-refractivity contribution in [2.45, 2.75) is 31.8 Å². The number of ketones is 1. The van der Waals surface area contributed by atoms with E-state index >= 15 is 0 Å². The van der Waals surface area contributed by atoms with Crippen molar-refractivity contribution in [2.75, 3.05) is 11.4 Å². The van der Waals surface area contributed by atoms with E-state index in [1.54, 1.807) is 29.2 Å². The molecule has 1 unspecified atom stereocenters. The largest absolute Gasteiger partial charge is 0.454 e. The smallest absolute Gasteiger partial charge is 0.306 e. The second-order valence-electron chi connectivity index (χ2n) is 5.08. The summed E-state index contributed by atoms with van der Waals surface area (Å²) < 4.78 is 4.97. The molecule has 0 bridgehead atoms. The van der Waals surface area contributed by atoms with Gasteiger partial charge < -0.3 is 9.64 Å². The molecule has 1 atom stereocenters. The highest BCUT2D eigenvalue weighted by Crippen LogP contribution is 2.23. The van der Waals surface area contributed by atoms with Gasteiger partial charge in [0.1, 0.15) is 0 Å². The number of esters is 1. The Balaban J connectivity index is 1.74. The van der Waals surface area contributed by atoms with Gasteiger partial charge in [-0.05, 0) is 30.7 Å². The molecule has 20 heavy (non-hydrogen) atoms. The number of anilines is 1. The molecule has 2 aliphatic rings. The predicted molar refractivity (Wildman–Crippen MR) is 71.5 cm³/mol. The molecule has 1 amide bonds. The molecule has 2 saturated heterocycles. The summed E-state index contributed by atoms with van der Waals surface area (Å²) in [6, 6.07) is 6.92. The fourth-order valence-electron chi connectivity index (χ4n) is 2.62. The Morgan fingerprint density at radius 2 is 1.90 bits per heavy atom. The molecule has 0 aliphatic carbocycles. The molecule has 1 aromatic carbocycles. The lowest BCUT2D eigenvalue weighted by Crippen LogP contribution is -2.24. The molecule has 0 radical (unpaired) electrons. The number of ether oxygens (including phenoxy) is 1. The van der Waals surface area contributed by atoms with E-state index in [9.17, 15) is 14.4 Å². The summed E-state index contributed by atoms with van der Waals surface area (Å²) in [6.07, 6.45) is 1.55. The third-order valence-electron chi connectivity index (χ3n) is 3.71. The molecule has 0 N–H and O–H groups in total. The summed E-state index contributed by atoms with van der Waals surface area (Å²) in [7, 11) is 0.